The zero-order valence-electron chi connectivity index (χ0n) is 37.4. The molecule has 65 heavy (non-hydrogen) atoms. The Morgan fingerprint density at radius 1 is 0.462 bits per heavy atom. The Morgan fingerprint density at radius 3 is 1.57 bits per heavy atom. The smallest absolute Gasteiger partial charge is 0.0711 e. The summed E-state index contributed by atoms with van der Waals surface area (Å²) >= 11 is 0. The largest absolute Gasteiger partial charge is 0.392 e. The maximum atomic E-state index is 10.1. The molecule has 3 nitrogen and oxygen atoms in total. The van der Waals surface area contributed by atoms with Gasteiger partial charge in [0.05, 0.1) is 18.0 Å². The number of hydrogen-bond acceptors (Lipinski definition) is 3. The molecule has 1 heterocycles. The highest BCUT2D eigenvalue weighted by Gasteiger charge is 2.20. The van der Waals surface area contributed by atoms with E-state index in [-0.39, 0.29) is 6.61 Å². The molecule has 0 spiro atoms. The van der Waals surface area contributed by atoms with Gasteiger partial charge in [0.15, 0.2) is 0 Å². The normalized spacial score (nSPS) is 11.3. The fourth-order valence-corrected chi connectivity index (χ4v) is 8.63. The Kier molecular flexibility index (Phi) is 12.6. The molecule has 0 saturated heterocycles. The van der Waals surface area contributed by atoms with Crippen molar-refractivity contribution in [2.24, 2.45) is 0 Å². The highest BCUT2D eigenvalue weighted by molar-refractivity contribution is 6.06. The Hall–Kier alpha value is -7.85. The van der Waals surface area contributed by atoms with Crippen LogP contribution in [-0.2, 0) is 6.61 Å². The van der Waals surface area contributed by atoms with Crippen LogP contribution in [0.5, 0.6) is 0 Å². The molecule has 0 atom stereocenters. The molecule has 316 valence electrons. The minimum absolute atomic E-state index is 0.0170. The lowest BCUT2D eigenvalue weighted by molar-refractivity contribution is 0.282. The zero-order valence-corrected chi connectivity index (χ0v) is 37.4. The Balaban J connectivity index is 1.19. The molecule has 0 fully saturated rings. The summed E-state index contributed by atoms with van der Waals surface area (Å²) in [6.07, 6.45) is 6.77. The van der Waals surface area contributed by atoms with Crippen LogP contribution in [0.25, 0.3) is 33.6 Å². The molecule has 0 saturated carbocycles. The molecule has 1 N–H and O–H groups in total. The number of aliphatic hydroxyl groups excluding tert-OH is 1. The number of rotatable bonds is 12. The van der Waals surface area contributed by atoms with E-state index >= 15 is 0 Å². The second-order valence-corrected chi connectivity index (χ2v) is 16.7. The van der Waals surface area contributed by atoms with E-state index in [1.165, 1.54) is 27.8 Å². The third-order valence-corrected chi connectivity index (χ3v) is 12.1. The minimum atomic E-state index is -0.0170. The van der Waals surface area contributed by atoms with Gasteiger partial charge in [0.2, 0.25) is 0 Å². The molecule has 0 unspecified atom stereocenters. The van der Waals surface area contributed by atoms with E-state index in [2.05, 4.69) is 238 Å². The van der Waals surface area contributed by atoms with Crippen LogP contribution in [0.2, 0.25) is 0 Å². The van der Waals surface area contributed by atoms with Crippen LogP contribution < -0.4 is 4.90 Å². The molecule has 0 radical (unpaired) electrons. The standard InChI is InChI=1S/C62H52N2O/c1-43-22-27-51(28-23-43)59(52-29-24-44(2)25-30-52)41-53-33-39-62(58-20-12-11-19-56(53)58)64(61-38-26-47(42-65)40-45(61)3)54-34-31-50(32-35-54)57(60-21-13-14-46(4)63-60)37-36-55(48-15-7-5-8-16-48)49-17-9-6-10-18-49/h5-41,65H,42H2,1-4H3. The van der Waals surface area contributed by atoms with Crippen LogP contribution in [-0.4, -0.2) is 10.1 Å². The van der Waals surface area contributed by atoms with Crippen molar-refractivity contribution in [3.05, 3.63) is 285 Å². The van der Waals surface area contributed by atoms with E-state index in [1.54, 1.807) is 0 Å². The van der Waals surface area contributed by atoms with Gasteiger partial charge in [-0.05, 0) is 131 Å². The van der Waals surface area contributed by atoms with Crippen LogP contribution in [0.3, 0.4) is 0 Å². The fourth-order valence-electron chi connectivity index (χ4n) is 8.63. The summed E-state index contributed by atoms with van der Waals surface area (Å²) in [5.41, 5.74) is 19.6. The third kappa shape index (κ3) is 9.43. The van der Waals surface area contributed by atoms with Crippen molar-refractivity contribution in [2.45, 2.75) is 34.3 Å². The predicted molar refractivity (Wildman–Crippen MR) is 275 cm³/mol. The summed E-state index contributed by atoms with van der Waals surface area (Å²) < 4.78 is 0. The average molecular weight is 841 g/mol. The van der Waals surface area contributed by atoms with E-state index in [0.717, 1.165) is 83.7 Å². The van der Waals surface area contributed by atoms with Gasteiger partial charge in [-0.25, -0.2) is 0 Å². The first kappa shape index (κ1) is 42.5. The number of fused-ring (bicyclic) bond motifs is 1. The monoisotopic (exact) mass is 840 g/mol. The van der Waals surface area contributed by atoms with Gasteiger partial charge in [-0.15, -0.1) is 0 Å². The zero-order chi connectivity index (χ0) is 44.7. The third-order valence-electron chi connectivity index (χ3n) is 12.1. The highest BCUT2D eigenvalue weighted by atomic mass is 16.3. The summed E-state index contributed by atoms with van der Waals surface area (Å²) in [6, 6.07) is 73.3. The van der Waals surface area contributed by atoms with Crippen molar-refractivity contribution in [3.63, 3.8) is 0 Å². The molecule has 3 heteroatoms. The lowest BCUT2D eigenvalue weighted by Gasteiger charge is -2.29. The number of anilines is 3. The van der Waals surface area contributed by atoms with E-state index < -0.39 is 0 Å². The van der Waals surface area contributed by atoms with Crippen LogP contribution in [0.4, 0.5) is 17.1 Å². The van der Waals surface area contributed by atoms with Gasteiger partial charge in [-0.2, -0.15) is 0 Å². The summed E-state index contributed by atoms with van der Waals surface area (Å²) in [7, 11) is 0. The topological polar surface area (TPSA) is 36.4 Å². The first-order valence-electron chi connectivity index (χ1n) is 22.3. The molecule has 0 aliphatic rings. The van der Waals surface area contributed by atoms with Crippen molar-refractivity contribution in [2.75, 3.05) is 4.90 Å². The number of aromatic nitrogens is 1. The van der Waals surface area contributed by atoms with Gasteiger partial charge < -0.3 is 10.0 Å². The predicted octanol–water partition coefficient (Wildman–Crippen LogP) is 15.6. The molecule has 0 bridgehead atoms. The van der Waals surface area contributed by atoms with Gasteiger partial charge in [-0.3, -0.25) is 4.98 Å². The van der Waals surface area contributed by atoms with E-state index in [1.807, 2.05) is 19.1 Å². The Labute approximate surface area is 383 Å². The SMILES string of the molecule is Cc1ccc(C(=Cc2ccc(N(c3ccc(C(=CC=C(c4ccccc4)c4ccccc4)c4cccc(C)n4)cc3)c3ccc(CO)cc3C)c3ccccc23)c2ccc(C)cc2)cc1. The van der Waals surface area contributed by atoms with Crippen LogP contribution in [0, 0.1) is 27.7 Å². The maximum Gasteiger partial charge on any atom is 0.0711 e. The molecule has 0 amide bonds. The highest BCUT2D eigenvalue weighted by Crippen LogP contribution is 2.43. The fraction of sp³-hybridized carbons (Fsp3) is 0.0806. The second-order valence-electron chi connectivity index (χ2n) is 16.7. The van der Waals surface area contributed by atoms with Crippen LogP contribution in [0.15, 0.2) is 218 Å². The summed E-state index contributed by atoms with van der Waals surface area (Å²) in [5.74, 6) is 0. The quantitative estimate of drug-likeness (QED) is 0.0983. The van der Waals surface area contributed by atoms with Crippen molar-refractivity contribution in [1.82, 2.24) is 4.98 Å². The van der Waals surface area contributed by atoms with E-state index in [9.17, 15) is 5.11 Å². The number of aryl methyl sites for hydroxylation is 4. The molecular weight excluding hydrogens is 789 g/mol. The Morgan fingerprint density at radius 2 is 0.985 bits per heavy atom. The van der Waals surface area contributed by atoms with Crippen molar-refractivity contribution < 1.29 is 5.11 Å². The number of hydrogen-bond donors (Lipinski definition) is 1. The molecular formula is C62H52N2O. The number of pyridine rings is 1. The first-order chi connectivity index (χ1) is 31.8. The summed E-state index contributed by atoms with van der Waals surface area (Å²) in [4.78, 5) is 7.39. The number of benzene rings is 8. The number of aliphatic hydroxyl groups is 1. The van der Waals surface area contributed by atoms with E-state index in [0.29, 0.717) is 0 Å². The number of allylic oxidation sites excluding steroid dienone is 2. The molecule has 9 rings (SSSR count). The van der Waals surface area contributed by atoms with Gasteiger partial charge in [0.25, 0.3) is 0 Å². The van der Waals surface area contributed by atoms with Crippen molar-refractivity contribution >= 4 is 50.6 Å². The van der Waals surface area contributed by atoms with Gasteiger partial charge in [0, 0.05) is 28.0 Å². The molecule has 1 aromatic heterocycles. The van der Waals surface area contributed by atoms with Crippen molar-refractivity contribution in [1.29, 1.82) is 0 Å². The second kappa shape index (κ2) is 19.3. The van der Waals surface area contributed by atoms with Crippen LogP contribution >= 0.6 is 0 Å². The molecule has 9 aromatic rings. The Bertz CT molecular complexity index is 3090. The lowest BCUT2D eigenvalue weighted by atomic mass is 9.92. The molecule has 0 aliphatic carbocycles. The van der Waals surface area contributed by atoms with Gasteiger partial charge in [-0.1, -0.05) is 193 Å². The van der Waals surface area contributed by atoms with Crippen LogP contribution in [0.1, 0.15) is 67.0 Å². The first-order valence-corrected chi connectivity index (χ1v) is 22.3. The summed E-state index contributed by atoms with van der Waals surface area (Å²) in [5, 5.41) is 12.4. The van der Waals surface area contributed by atoms with Gasteiger partial charge in [0.1, 0.15) is 0 Å². The minimum Gasteiger partial charge on any atom is -0.392 e. The lowest BCUT2D eigenvalue weighted by Crippen LogP contribution is -2.12. The van der Waals surface area contributed by atoms with Crippen molar-refractivity contribution in [3.8, 4) is 0 Å². The van der Waals surface area contributed by atoms with E-state index in [4.69, 9.17) is 4.98 Å². The molecule has 0 aliphatic heterocycles. The average Bonchev–Trinajstić information content (AvgIpc) is 3.34. The summed E-state index contributed by atoms with van der Waals surface area (Å²) in [6.45, 7) is 8.41. The number of nitrogens with zero attached hydrogens (tertiary/aromatic N) is 2. The maximum absolute atomic E-state index is 10.1. The molecule has 8 aromatic carbocycles. The van der Waals surface area contributed by atoms with Gasteiger partial charge >= 0.3 is 0 Å².